The van der Waals surface area contributed by atoms with E-state index in [4.69, 9.17) is 9.47 Å². The lowest BCUT2D eigenvalue weighted by molar-refractivity contribution is 0.398. The fraction of sp³-hybridized carbons (Fsp3) is 0.267. The molecule has 1 atom stereocenters. The number of rotatable bonds is 5. The van der Waals surface area contributed by atoms with Gasteiger partial charge in [0.25, 0.3) is 0 Å². The number of aromatic nitrogens is 1. The lowest BCUT2D eigenvalue weighted by Gasteiger charge is -2.19. The topological polar surface area (TPSA) is 43.4 Å². The molecule has 0 saturated carbocycles. The summed E-state index contributed by atoms with van der Waals surface area (Å²) in [6, 6.07) is 11.9. The first-order valence-electron chi connectivity index (χ1n) is 6.14. The van der Waals surface area contributed by atoms with Crippen LogP contribution in [-0.4, -0.2) is 19.2 Å². The Morgan fingerprint density at radius 2 is 1.84 bits per heavy atom. The van der Waals surface area contributed by atoms with Gasteiger partial charge in [0, 0.05) is 11.8 Å². The number of hydrogen-bond donors (Lipinski definition) is 1. The Balaban J connectivity index is 2.23. The number of hydrogen-bond acceptors (Lipinski definition) is 4. The van der Waals surface area contributed by atoms with Gasteiger partial charge in [-0.15, -0.1) is 0 Å². The summed E-state index contributed by atoms with van der Waals surface area (Å²) >= 11 is 0. The number of ether oxygens (including phenoxy) is 2. The SMILES string of the molecule is COc1ccccc1C(C)Nc1cccnc1OC. The normalized spacial score (nSPS) is 11.7. The van der Waals surface area contributed by atoms with E-state index in [0.717, 1.165) is 17.0 Å². The molecule has 1 N–H and O–H groups in total. The van der Waals surface area contributed by atoms with E-state index in [9.17, 15) is 0 Å². The fourth-order valence-electron chi connectivity index (χ4n) is 2.00. The standard InChI is InChI=1S/C15H18N2O2/c1-11(12-7-4-5-9-14(12)18-2)17-13-8-6-10-16-15(13)19-3/h4-11,17H,1-3H3. The minimum atomic E-state index is 0.0919. The van der Waals surface area contributed by atoms with Crippen LogP contribution in [0.5, 0.6) is 11.6 Å². The molecule has 19 heavy (non-hydrogen) atoms. The van der Waals surface area contributed by atoms with Crippen molar-refractivity contribution in [2.24, 2.45) is 0 Å². The van der Waals surface area contributed by atoms with Crippen LogP contribution >= 0.6 is 0 Å². The molecule has 0 bridgehead atoms. The van der Waals surface area contributed by atoms with Gasteiger partial charge < -0.3 is 14.8 Å². The van der Waals surface area contributed by atoms with Gasteiger partial charge in [0.05, 0.1) is 25.9 Å². The second-order valence-corrected chi connectivity index (χ2v) is 4.17. The summed E-state index contributed by atoms with van der Waals surface area (Å²) in [5.74, 6) is 1.45. The van der Waals surface area contributed by atoms with Crippen molar-refractivity contribution in [3.8, 4) is 11.6 Å². The number of anilines is 1. The lowest BCUT2D eigenvalue weighted by atomic mass is 10.1. The third-order valence-corrected chi connectivity index (χ3v) is 2.94. The van der Waals surface area contributed by atoms with Crippen LogP contribution < -0.4 is 14.8 Å². The van der Waals surface area contributed by atoms with Crippen molar-refractivity contribution < 1.29 is 9.47 Å². The molecule has 0 aliphatic heterocycles. The molecule has 1 heterocycles. The van der Waals surface area contributed by atoms with Gasteiger partial charge in [0.2, 0.25) is 5.88 Å². The molecule has 1 aromatic carbocycles. The summed E-state index contributed by atoms with van der Waals surface area (Å²) in [5.41, 5.74) is 1.96. The Morgan fingerprint density at radius 1 is 1.05 bits per heavy atom. The predicted octanol–water partition coefficient (Wildman–Crippen LogP) is 3.27. The highest BCUT2D eigenvalue weighted by molar-refractivity contribution is 5.54. The van der Waals surface area contributed by atoms with Crippen molar-refractivity contribution in [1.29, 1.82) is 0 Å². The Bertz CT molecular complexity index is 543. The smallest absolute Gasteiger partial charge is 0.237 e. The predicted molar refractivity (Wildman–Crippen MR) is 75.8 cm³/mol. The zero-order chi connectivity index (χ0) is 13.7. The second kappa shape index (κ2) is 6.09. The summed E-state index contributed by atoms with van der Waals surface area (Å²) in [5, 5.41) is 3.38. The highest BCUT2D eigenvalue weighted by Crippen LogP contribution is 2.30. The Morgan fingerprint density at radius 3 is 2.58 bits per heavy atom. The van der Waals surface area contributed by atoms with Crippen LogP contribution in [0.3, 0.4) is 0 Å². The molecule has 0 amide bonds. The van der Waals surface area contributed by atoms with E-state index in [1.54, 1.807) is 20.4 Å². The van der Waals surface area contributed by atoms with Crippen LogP contribution in [0.1, 0.15) is 18.5 Å². The van der Waals surface area contributed by atoms with Crippen LogP contribution in [0.2, 0.25) is 0 Å². The number of benzene rings is 1. The van der Waals surface area contributed by atoms with Crippen LogP contribution in [0, 0.1) is 0 Å². The van der Waals surface area contributed by atoms with E-state index >= 15 is 0 Å². The summed E-state index contributed by atoms with van der Waals surface area (Å²) in [4.78, 5) is 4.17. The first kappa shape index (κ1) is 13.2. The van der Waals surface area contributed by atoms with Gasteiger partial charge in [-0.2, -0.15) is 0 Å². The molecule has 0 aliphatic carbocycles. The monoisotopic (exact) mass is 258 g/mol. The van der Waals surface area contributed by atoms with E-state index in [1.807, 2.05) is 36.4 Å². The minimum Gasteiger partial charge on any atom is -0.496 e. The third-order valence-electron chi connectivity index (χ3n) is 2.94. The van der Waals surface area contributed by atoms with Crippen molar-refractivity contribution in [3.63, 3.8) is 0 Å². The van der Waals surface area contributed by atoms with Gasteiger partial charge in [0.1, 0.15) is 5.75 Å². The Labute approximate surface area is 113 Å². The molecule has 2 rings (SSSR count). The minimum absolute atomic E-state index is 0.0919. The second-order valence-electron chi connectivity index (χ2n) is 4.17. The summed E-state index contributed by atoms with van der Waals surface area (Å²) in [7, 11) is 3.29. The quantitative estimate of drug-likeness (QED) is 0.893. The van der Waals surface area contributed by atoms with Gasteiger partial charge in [0.15, 0.2) is 0 Å². The maximum atomic E-state index is 5.37. The highest BCUT2D eigenvalue weighted by atomic mass is 16.5. The summed E-state index contributed by atoms with van der Waals surface area (Å²) in [6.45, 7) is 2.07. The van der Waals surface area contributed by atoms with E-state index in [1.165, 1.54) is 0 Å². The average molecular weight is 258 g/mol. The van der Waals surface area contributed by atoms with Crippen molar-refractivity contribution in [3.05, 3.63) is 48.2 Å². The number of para-hydroxylation sites is 1. The van der Waals surface area contributed by atoms with E-state index in [2.05, 4.69) is 17.2 Å². The van der Waals surface area contributed by atoms with Crippen LogP contribution in [0.25, 0.3) is 0 Å². The Kier molecular flexibility index (Phi) is 4.23. The highest BCUT2D eigenvalue weighted by Gasteiger charge is 2.12. The molecule has 0 radical (unpaired) electrons. The number of nitrogens with zero attached hydrogens (tertiary/aromatic N) is 1. The number of nitrogens with one attached hydrogen (secondary N) is 1. The molecular formula is C15H18N2O2. The molecule has 4 heteroatoms. The Hall–Kier alpha value is -2.23. The van der Waals surface area contributed by atoms with E-state index in [0.29, 0.717) is 5.88 Å². The summed E-state index contributed by atoms with van der Waals surface area (Å²) < 4.78 is 10.6. The van der Waals surface area contributed by atoms with Crippen molar-refractivity contribution >= 4 is 5.69 Å². The van der Waals surface area contributed by atoms with Gasteiger partial charge >= 0.3 is 0 Å². The van der Waals surface area contributed by atoms with Crippen LogP contribution in [0.4, 0.5) is 5.69 Å². The molecule has 0 saturated heterocycles. The maximum Gasteiger partial charge on any atom is 0.237 e. The van der Waals surface area contributed by atoms with E-state index < -0.39 is 0 Å². The molecule has 0 aliphatic rings. The molecule has 0 fully saturated rings. The van der Waals surface area contributed by atoms with Gasteiger partial charge in [-0.05, 0) is 25.1 Å². The molecule has 0 spiro atoms. The summed E-state index contributed by atoms with van der Waals surface area (Å²) in [6.07, 6.45) is 1.71. The first-order valence-corrected chi connectivity index (χ1v) is 6.14. The van der Waals surface area contributed by atoms with Crippen LogP contribution in [-0.2, 0) is 0 Å². The first-order chi connectivity index (χ1) is 9.26. The van der Waals surface area contributed by atoms with E-state index in [-0.39, 0.29) is 6.04 Å². The average Bonchev–Trinajstić information content (AvgIpc) is 2.47. The van der Waals surface area contributed by atoms with Crippen molar-refractivity contribution in [2.75, 3.05) is 19.5 Å². The zero-order valence-corrected chi connectivity index (χ0v) is 11.4. The van der Waals surface area contributed by atoms with Gasteiger partial charge in [-0.1, -0.05) is 18.2 Å². The van der Waals surface area contributed by atoms with Crippen LogP contribution in [0.15, 0.2) is 42.6 Å². The maximum absolute atomic E-state index is 5.37. The molecule has 100 valence electrons. The largest absolute Gasteiger partial charge is 0.496 e. The number of methoxy groups -OCH3 is 2. The number of pyridine rings is 1. The lowest BCUT2D eigenvalue weighted by Crippen LogP contribution is -2.09. The molecule has 4 nitrogen and oxygen atoms in total. The molecule has 1 aromatic heterocycles. The fourth-order valence-corrected chi connectivity index (χ4v) is 2.00. The molecular weight excluding hydrogens is 240 g/mol. The molecule has 2 aromatic rings. The van der Waals surface area contributed by atoms with Crippen molar-refractivity contribution in [1.82, 2.24) is 4.98 Å². The van der Waals surface area contributed by atoms with Crippen molar-refractivity contribution in [2.45, 2.75) is 13.0 Å². The van der Waals surface area contributed by atoms with Gasteiger partial charge in [-0.25, -0.2) is 4.98 Å². The molecule has 1 unspecified atom stereocenters. The third kappa shape index (κ3) is 2.96. The zero-order valence-electron chi connectivity index (χ0n) is 11.4. The van der Waals surface area contributed by atoms with Gasteiger partial charge in [-0.3, -0.25) is 0 Å².